The Kier molecular flexibility index (Phi) is 6.84. The maximum atomic E-state index is 12.0. The second-order valence-corrected chi connectivity index (χ2v) is 4.08. The molecule has 0 aliphatic carbocycles. The molecule has 0 bridgehead atoms. The summed E-state index contributed by atoms with van der Waals surface area (Å²) in [4.78, 5) is 16.3. The third kappa shape index (κ3) is 5.23. The summed E-state index contributed by atoms with van der Waals surface area (Å²) in [6.45, 7) is 5.63. The zero-order valence-corrected chi connectivity index (χ0v) is 11.5. The number of nitrogens with zero attached hydrogens (tertiary/aromatic N) is 1. The Morgan fingerprint density at radius 1 is 1.42 bits per heavy atom. The fourth-order valence-corrected chi connectivity index (χ4v) is 1.66. The highest BCUT2D eigenvalue weighted by Crippen LogP contribution is 2.11. The lowest BCUT2D eigenvalue weighted by Gasteiger charge is -2.09. The normalized spacial score (nSPS) is 10.3. The van der Waals surface area contributed by atoms with Crippen LogP contribution in [0, 0.1) is 0 Å². The molecule has 0 aromatic carbocycles. The highest BCUT2D eigenvalue weighted by molar-refractivity contribution is 5.94. The minimum Gasteiger partial charge on any atom is -0.380 e. The van der Waals surface area contributed by atoms with Crippen LogP contribution in [0.4, 0.5) is 5.82 Å². The number of rotatable bonds is 8. The predicted octanol–water partition coefficient (Wildman–Crippen LogP) is 1.09. The van der Waals surface area contributed by atoms with E-state index in [0.29, 0.717) is 31.1 Å². The van der Waals surface area contributed by atoms with E-state index in [1.807, 2.05) is 6.92 Å². The molecular weight excluding hydrogens is 244 g/mol. The van der Waals surface area contributed by atoms with Crippen LogP contribution in [0.3, 0.4) is 0 Å². The van der Waals surface area contributed by atoms with E-state index < -0.39 is 0 Å². The average Bonchev–Trinajstić information content (AvgIpc) is 2.43. The molecule has 6 nitrogen and oxygen atoms in total. The lowest BCUT2D eigenvalue weighted by Crippen LogP contribution is -2.27. The van der Waals surface area contributed by atoms with Gasteiger partial charge in [0.1, 0.15) is 5.82 Å². The number of hydrogen-bond donors (Lipinski definition) is 3. The molecule has 6 heteroatoms. The highest BCUT2D eigenvalue weighted by Gasteiger charge is 2.09. The number of carbonyl (C=O) groups is 1. The van der Waals surface area contributed by atoms with Crippen LogP contribution >= 0.6 is 0 Å². The summed E-state index contributed by atoms with van der Waals surface area (Å²) in [6, 6.07) is 3.43. The molecule has 19 heavy (non-hydrogen) atoms. The van der Waals surface area contributed by atoms with Crippen molar-refractivity contribution in [2.75, 3.05) is 25.2 Å². The van der Waals surface area contributed by atoms with Crippen LogP contribution in [0.15, 0.2) is 12.1 Å². The number of pyridine rings is 1. The van der Waals surface area contributed by atoms with Crippen molar-refractivity contribution in [3.63, 3.8) is 0 Å². The van der Waals surface area contributed by atoms with E-state index in [4.69, 9.17) is 10.6 Å². The van der Waals surface area contributed by atoms with Gasteiger partial charge in [-0.05, 0) is 25.5 Å². The number of hydrogen-bond acceptors (Lipinski definition) is 5. The molecule has 4 N–H and O–H groups in total. The molecule has 1 rings (SSSR count). The Morgan fingerprint density at radius 2 is 2.21 bits per heavy atom. The van der Waals surface area contributed by atoms with E-state index in [0.717, 1.165) is 18.5 Å². The van der Waals surface area contributed by atoms with Gasteiger partial charge in [0.05, 0.1) is 6.61 Å². The summed E-state index contributed by atoms with van der Waals surface area (Å²) in [5.74, 6) is 5.72. The monoisotopic (exact) mass is 266 g/mol. The highest BCUT2D eigenvalue weighted by atomic mass is 16.5. The first-order chi connectivity index (χ1) is 9.21. The van der Waals surface area contributed by atoms with E-state index >= 15 is 0 Å². The number of anilines is 1. The number of amides is 1. The number of hydrazine groups is 1. The molecule has 0 fully saturated rings. The van der Waals surface area contributed by atoms with Crippen molar-refractivity contribution in [1.82, 2.24) is 10.3 Å². The standard InChI is InChI=1S/C13H22N4O2/c1-3-5-11-8-10(9-12(16-11)17-14)13(18)15-6-7-19-4-2/h8-9H,3-7,14H2,1-2H3,(H,15,18)(H,16,17). The second-order valence-electron chi connectivity index (χ2n) is 4.08. The SMILES string of the molecule is CCCc1cc(C(=O)NCCOCC)cc(NN)n1. The molecule has 1 heterocycles. The van der Waals surface area contributed by atoms with E-state index in [2.05, 4.69) is 22.7 Å². The molecule has 106 valence electrons. The molecule has 0 radical (unpaired) electrons. The van der Waals surface area contributed by atoms with Gasteiger partial charge in [0.25, 0.3) is 5.91 Å². The van der Waals surface area contributed by atoms with Crippen molar-refractivity contribution >= 4 is 11.7 Å². The molecular formula is C13H22N4O2. The minimum absolute atomic E-state index is 0.143. The molecule has 0 saturated carbocycles. The molecule has 0 unspecified atom stereocenters. The first-order valence-electron chi connectivity index (χ1n) is 6.54. The minimum atomic E-state index is -0.143. The summed E-state index contributed by atoms with van der Waals surface area (Å²) in [5, 5.41) is 2.79. The smallest absolute Gasteiger partial charge is 0.251 e. The molecule has 0 atom stereocenters. The fraction of sp³-hybridized carbons (Fsp3) is 0.538. The van der Waals surface area contributed by atoms with Crippen LogP contribution in [-0.4, -0.2) is 30.6 Å². The number of nitrogens with one attached hydrogen (secondary N) is 2. The van der Waals surface area contributed by atoms with Gasteiger partial charge in [-0.2, -0.15) is 0 Å². The van der Waals surface area contributed by atoms with Crippen molar-refractivity contribution in [3.05, 3.63) is 23.4 Å². The maximum Gasteiger partial charge on any atom is 0.251 e. The van der Waals surface area contributed by atoms with Crippen LogP contribution in [0.25, 0.3) is 0 Å². The predicted molar refractivity (Wildman–Crippen MR) is 74.9 cm³/mol. The van der Waals surface area contributed by atoms with E-state index in [9.17, 15) is 4.79 Å². The molecule has 0 aliphatic rings. The van der Waals surface area contributed by atoms with Crippen LogP contribution in [0.1, 0.15) is 36.3 Å². The average molecular weight is 266 g/mol. The zero-order valence-electron chi connectivity index (χ0n) is 11.5. The number of carbonyl (C=O) groups excluding carboxylic acids is 1. The third-order valence-electron chi connectivity index (χ3n) is 2.53. The van der Waals surface area contributed by atoms with Crippen molar-refractivity contribution in [3.8, 4) is 0 Å². The molecule has 0 saturated heterocycles. The van der Waals surface area contributed by atoms with Gasteiger partial charge in [-0.3, -0.25) is 4.79 Å². The van der Waals surface area contributed by atoms with Gasteiger partial charge in [0, 0.05) is 24.4 Å². The molecule has 1 amide bonds. The summed E-state index contributed by atoms with van der Waals surface area (Å²) >= 11 is 0. The number of ether oxygens (including phenoxy) is 1. The molecule has 1 aromatic rings. The Labute approximate surface area is 113 Å². The van der Waals surface area contributed by atoms with Gasteiger partial charge in [-0.25, -0.2) is 10.8 Å². The Bertz CT molecular complexity index is 410. The van der Waals surface area contributed by atoms with E-state index in [1.165, 1.54) is 0 Å². The summed E-state index contributed by atoms with van der Waals surface area (Å²) in [6.07, 6.45) is 1.78. The van der Waals surface area contributed by atoms with Gasteiger partial charge in [0.15, 0.2) is 0 Å². The van der Waals surface area contributed by atoms with Gasteiger partial charge >= 0.3 is 0 Å². The molecule has 0 spiro atoms. The van der Waals surface area contributed by atoms with Crippen LogP contribution in [-0.2, 0) is 11.2 Å². The van der Waals surface area contributed by atoms with Gasteiger partial charge in [0.2, 0.25) is 0 Å². The van der Waals surface area contributed by atoms with Crippen molar-refractivity contribution < 1.29 is 9.53 Å². The van der Waals surface area contributed by atoms with Crippen LogP contribution in [0.5, 0.6) is 0 Å². The lowest BCUT2D eigenvalue weighted by atomic mass is 10.1. The largest absolute Gasteiger partial charge is 0.380 e. The molecule has 0 aliphatic heterocycles. The van der Waals surface area contributed by atoms with Crippen molar-refractivity contribution in [1.29, 1.82) is 0 Å². The van der Waals surface area contributed by atoms with Crippen molar-refractivity contribution in [2.24, 2.45) is 5.84 Å². The Morgan fingerprint density at radius 3 is 2.84 bits per heavy atom. The van der Waals surface area contributed by atoms with Gasteiger partial charge in [-0.1, -0.05) is 13.3 Å². The van der Waals surface area contributed by atoms with E-state index in [-0.39, 0.29) is 5.91 Å². The first kappa shape index (κ1) is 15.4. The summed E-state index contributed by atoms with van der Waals surface area (Å²) in [5.41, 5.74) is 3.89. The summed E-state index contributed by atoms with van der Waals surface area (Å²) in [7, 11) is 0. The topological polar surface area (TPSA) is 89.3 Å². The summed E-state index contributed by atoms with van der Waals surface area (Å²) < 4.78 is 5.17. The molecule has 1 aromatic heterocycles. The Balaban J connectivity index is 2.69. The quantitative estimate of drug-likeness (QED) is 0.372. The van der Waals surface area contributed by atoms with Crippen LogP contribution < -0.4 is 16.6 Å². The second kappa shape index (κ2) is 8.44. The number of nitrogens with two attached hydrogens (primary N) is 1. The van der Waals surface area contributed by atoms with E-state index in [1.54, 1.807) is 12.1 Å². The number of aromatic nitrogens is 1. The van der Waals surface area contributed by atoms with Crippen molar-refractivity contribution in [2.45, 2.75) is 26.7 Å². The third-order valence-corrected chi connectivity index (χ3v) is 2.53. The Hall–Kier alpha value is -1.66. The maximum absolute atomic E-state index is 12.0. The number of nitrogen functional groups attached to an aromatic ring is 1. The fourth-order valence-electron chi connectivity index (χ4n) is 1.66. The number of aryl methyl sites for hydroxylation is 1. The van der Waals surface area contributed by atoms with Gasteiger partial charge < -0.3 is 15.5 Å². The lowest BCUT2D eigenvalue weighted by molar-refractivity contribution is 0.0922. The van der Waals surface area contributed by atoms with Crippen LogP contribution in [0.2, 0.25) is 0 Å². The first-order valence-corrected chi connectivity index (χ1v) is 6.54. The van der Waals surface area contributed by atoms with Gasteiger partial charge in [-0.15, -0.1) is 0 Å². The zero-order chi connectivity index (χ0) is 14.1.